The predicted molar refractivity (Wildman–Crippen MR) is 68.3 cm³/mol. The molecule has 0 aliphatic heterocycles. The van der Waals surface area contributed by atoms with E-state index in [2.05, 4.69) is 10.2 Å². The van der Waals surface area contributed by atoms with Gasteiger partial charge in [0.25, 0.3) is 0 Å². The Balaban J connectivity index is 2.28. The third-order valence-electron chi connectivity index (χ3n) is 2.42. The van der Waals surface area contributed by atoms with Gasteiger partial charge in [-0.3, -0.25) is 0 Å². The number of azo groups is 1. The molecule has 0 heterocycles. The molecule has 0 aliphatic carbocycles. The van der Waals surface area contributed by atoms with E-state index in [0.29, 0.717) is 22.7 Å². The summed E-state index contributed by atoms with van der Waals surface area (Å²) < 4.78 is 17.7. The third-order valence-corrected chi connectivity index (χ3v) is 2.42. The van der Waals surface area contributed by atoms with Gasteiger partial charge in [0, 0.05) is 6.07 Å². The smallest absolute Gasteiger partial charge is 0.123 e. The second-order valence-corrected chi connectivity index (χ2v) is 3.67. The largest absolute Gasteiger partial charge is 0.497 e. The SMILES string of the molecule is COc1ccc(N=Nc2ccc(F)cc2)c(C#N)c1. The highest BCUT2D eigenvalue weighted by atomic mass is 19.1. The lowest BCUT2D eigenvalue weighted by molar-refractivity contribution is 0.414. The van der Waals surface area contributed by atoms with Crippen LogP contribution in [0.5, 0.6) is 5.75 Å². The van der Waals surface area contributed by atoms with Gasteiger partial charge in [0.1, 0.15) is 23.3 Å². The van der Waals surface area contributed by atoms with Crippen LogP contribution in [0.4, 0.5) is 15.8 Å². The Bertz CT molecular complexity index is 645. The Kier molecular flexibility index (Phi) is 3.84. The standard InChI is InChI=1S/C14H10FN3O/c1-19-13-6-7-14(10(8-13)9-16)18-17-12-4-2-11(15)3-5-12/h2-8H,1H3. The number of halogens is 1. The number of ether oxygens (including phenoxy) is 1. The molecule has 2 aromatic rings. The fraction of sp³-hybridized carbons (Fsp3) is 0.0714. The minimum atomic E-state index is -0.332. The molecular formula is C14H10FN3O. The van der Waals surface area contributed by atoms with Crippen molar-refractivity contribution in [2.75, 3.05) is 7.11 Å². The second-order valence-electron chi connectivity index (χ2n) is 3.67. The fourth-order valence-corrected chi connectivity index (χ4v) is 1.44. The van der Waals surface area contributed by atoms with Crippen LogP contribution < -0.4 is 4.74 Å². The third kappa shape index (κ3) is 3.13. The lowest BCUT2D eigenvalue weighted by atomic mass is 10.2. The van der Waals surface area contributed by atoms with E-state index in [-0.39, 0.29) is 5.82 Å². The van der Waals surface area contributed by atoms with Crippen molar-refractivity contribution in [3.63, 3.8) is 0 Å². The van der Waals surface area contributed by atoms with Crippen molar-refractivity contribution in [2.24, 2.45) is 10.2 Å². The van der Waals surface area contributed by atoms with Gasteiger partial charge in [0.15, 0.2) is 0 Å². The van der Waals surface area contributed by atoms with E-state index in [1.807, 2.05) is 6.07 Å². The van der Waals surface area contributed by atoms with Crippen LogP contribution in [0.3, 0.4) is 0 Å². The molecule has 0 fully saturated rings. The van der Waals surface area contributed by atoms with Crippen molar-refractivity contribution in [1.82, 2.24) is 0 Å². The molecule has 5 heteroatoms. The zero-order chi connectivity index (χ0) is 13.7. The van der Waals surface area contributed by atoms with Crippen LogP contribution in [0.15, 0.2) is 52.7 Å². The summed E-state index contributed by atoms with van der Waals surface area (Å²) in [7, 11) is 1.52. The van der Waals surface area contributed by atoms with Crippen molar-refractivity contribution >= 4 is 11.4 Å². The highest BCUT2D eigenvalue weighted by molar-refractivity contribution is 5.56. The summed E-state index contributed by atoms with van der Waals surface area (Å²) in [6.07, 6.45) is 0. The molecular weight excluding hydrogens is 245 g/mol. The van der Waals surface area contributed by atoms with Gasteiger partial charge in [0.2, 0.25) is 0 Å². The van der Waals surface area contributed by atoms with E-state index < -0.39 is 0 Å². The zero-order valence-electron chi connectivity index (χ0n) is 10.2. The summed E-state index contributed by atoms with van der Waals surface area (Å²) >= 11 is 0. The van der Waals surface area contributed by atoms with Crippen LogP contribution in [0.1, 0.15) is 5.56 Å². The molecule has 0 N–H and O–H groups in total. The van der Waals surface area contributed by atoms with Gasteiger partial charge >= 0.3 is 0 Å². The summed E-state index contributed by atoms with van der Waals surface area (Å²) in [5.74, 6) is 0.249. The van der Waals surface area contributed by atoms with Gasteiger partial charge in [0.05, 0.1) is 18.4 Å². The molecule has 94 valence electrons. The molecule has 0 spiro atoms. The number of methoxy groups -OCH3 is 1. The minimum Gasteiger partial charge on any atom is -0.497 e. The number of benzene rings is 2. The molecule has 2 aromatic carbocycles. The van der Waals surface area contributed by atoms with Gasteiger partial charge in [-0.2, -0.15) is 10.4 Å². The lowest BCUT2D eigenvalue weighted by Gasteiger charge is -2.01. The van der Waals surface area contributed by atoms with Crippen molar-refractivity contribution in [3.05, 3.63) is 53.8 Å². The maximum Gasteiger partial charge on any atom is 0.123 e. The van der Waals surface area contributed by atoms with E-state index in [4.69, 9.17) is 10.00 Å². The summed E-state index contributed by atoms with van der Waals surface area (Å²) in [6.45, 7) is 0. The van der Waals surface area contributed by atoms with E-state index >= 15 is 0 Å². The van der Waals surface area contributed by atoms with Crippen molar-refractivity contribution in [3.8, 4) is 11.8 Å². The zero-order valence-corrected chi connectivity index (χ0v) is 10.2. The number of hydrogen-bond acceptors (Lipinski definition) is 4. The van der Waals surface area contributed by atoms with Crippen LogP contribution in [0.25, 0.3) is 0 Å². The highest BCUT2D eigenvalue weighted by Crippen LogP contribution is 2.25. The number of nitrogens with zero attached hydrogens (tertiary/aromatic N) is 3. The maximum atomic E-state index is 12.7. The maximum absolute atomic E-state index is 12.7. The topological polar surface area (TPSA) is 57.7 Å². The average molecular weight is 255 g/mol. The molecule has 0 aromatic heterocycles. The molecule has 0 bridgehead atoms. The molecule has 2 rings (SSSR count). The average Bonchev–Trinajstić information content (AvgIpc) is 2.46. The molecule has 0 radical (unpaired) electrons. The van der Waals surface area contributed by atoms with Crippen LogP contribution in [-0.4, -0.2) is 7.11 Å². The fourth-order valence-electron chi connectivity index (χ4n) is 1.44. The van der Waals surface area contributed by atoms with E-state index in [1.165, 1.54) is 31.4 Å². The van der Waals surface area contributed by atoms with E-state index in [9.17, 15) is 4.39 Å². The monoisotopic (exact) mass is 255 g/mol. The Morgan fingerprint density at radius 2 is 1.84 bits per heavy atom. The minimum absolute atomic E-state index is 0.332. The second kappa shape index (κ2) is 5.74. The highest BCUT2D eigenvalue weighted by Gasteiger charge is 2.03. The van der Waals surface area contributed by atoms with Crippen LogP contribution in [0, 0.1) is 17.1 Å². The first-order valence-electron chi connectivity index (χ1n) is 5.48. The molecule has 0 aliphatic rings. The lowest BCUT2D eigenvalue weighted by Crippen LogP contribution is -1.83. The molecule has 0 saturated carbocycles. The first-order valence-corrected chi connectivity index (χ1v) is 5.48. The van der Waals surface area contributed by atoms with Crippen molar-refractivity contribution in [2.45, 2.75) is 0 Å². The van der Waals surface area contributed by atoms with E-state index in [0.717, 1.165) is 0 Å². The Hall–Kier alpha value is -2.74. The van der Waals surface area contributed by atoms with Gasteiger partial charge in [-0.05, 0) is 36.4 Å². The summed E-state index contributed by atoms with van der Waals surface area (Å²) in [6, 6.07) is 12.6. The van der Waals surface area contributed by atoms with Crippen LogP contribution >= 0.6 is 0 Å². The van der Waals surface area contributed by atoms with Gasteiger partial charge < -0.3 is 4.74 Å². The summed E-state index contributed by atoms with van der Waals surface area (Å²) in [5.41, 5.74) is 1.32. The predicted octanol–water partition coefficient (Wildman–Crippen LogP) is 4.12. The molecule has 0 saturated heterocycles. The van der Waals surface area contributed by atoms with Crippen molar-refractivity contribution in [1.29, 1.82) is 5.26 Å². The molecule has 4 nitrogen and oxygen atoms in total. The molecule has 0 amide bonds. The van der Waals surface area contributed by atoms with E-state index in [1.54, 1.807) is 18.2 Å². The molecule has 0 unspecified atom stereocenters. The quantitative estimate of drug-likeness (QED) is 0.774. The number of nitriles is 1. The summed E-state index contributed by atoms with van der Waals surface area (Å²) in [5, 5.41) is 16.9. The first-order chi connectivity index (χ1) is 9.22. The van der Waals surface area contributed by atoms with Crippen LogP contribution in [0.2, 0.25) is 0 Å². The normalized spacial score (nSPS) is 10.4. The first kappa shape index (κ1) is 12.7. The Morgan fingerprint density at radius 1 is 1.11 bits per heavy atom. The van der Waals surface area contributed by atoms with Gasteiger partial charge in [-0.25, -0.2) is 4.39 Å². The van der Waals surface area contributed by atoms with Crippen LogP contribution in [-0.2, 0) is 0 Å². The van der Waals surface area contributed by atoms with Gasteiger partial charge in [-0.15, -0.1) is 5.11 Å². The Morgan fingerprint density at radius 3 is 2.47 bits per heavy atom. The Labute approximate surface area is 109 Å². The molecule has 19 heavy (non-hydrogen) atoms. The number of rotatable bonds is 3. The molecule has 0 atom stereocenters. The number of hydrogen-bond donors (Lipinski definition) is 0. The van der Waals surface area contributed by atoms with Crippen molar-refractivity contribution < 1.29 is 9.13 Å². The summed E-state index contributed by atoms with van der Waals surface area (Å²) in [4.78, 5) is 0. The van der Waals surface area contributed by atoms with Gasteiger partial charge in [-0.1, -0.05) is 0 Å².